The molecule has 1 aromatic carbocycles. The normalized spacial score (nSPS) is 12.6. The molecule has 0 radical (unpaired) electrons. The van der Waals surface area contributed by atoms with E-state index in [9.17, 15) is 0 Å². The molecule has 142 valence electrons. The smallest absolute Gasteiger partial charge is 0.231 e. The van der Waals surface area contributed by atoms with Crippen molar-refractivity contribution < 1.29 is 9.47 Å². The lowest BCUT2D eigenvalue weighted by molar-refractivity contribution is 0.174. The van der Waals surface area contributed by atoms with Crippen LogP contribution in [0, 0.1) is 0 Å². The molecule has 0 fully saturated rings. The summed E-state index contributed by atoms with van der Waals surface area (Å²) in [6.45, 7) is 4.98. The highest BCUT2D eigenvalue weighted by molar-refractivity contribution is 14.0. The highest BCUT2D eigenvalue weighted by Gasteiger charge is 2.13. The third-order valence-corrected chi connectivity index (χ3v) is 5.01. The third-order valence-electron chi connectivity index (χ3n) is 4.07. The average Bonchev–Trinajstić information content (AvgIpc) is 3.30. The van der Waals surface area contributed by atoms with Gasteiger partial charge >= 0.3 is 0 Å². The van der Waals surface area contributed by atoms with Crippen LogP contribution in [0.3, 0.4) is 0 Å². The summed E-state index contributed by atoms with van der Waals surface area (Å²) in [6, 6.07) is 10.4. The van der Waals surface area contributed by atoms with Gasteiger partial charge in [0.15, 0.2) is 17.5 Å². The van der Waals surface area contributed by atoms with Crippen LogP contribution in [-0.2, 0) is 12.8 Å². The van der Waals surface area contributed by atoms with Gasteiger partial charge in [-0.25, -0.2) is 0 Å². The number of hydrogen-bond acceptors (Lipinski definition) is 4. The van der Waals surface area contributed by atoms with Crippen LogP contribution in [0.15, 0.2) is 40.7 Å². The van der Waals surface area contributed by atoms with Gasteiger partial charge in [0.05, 0.1) is 0 Å². The number of guanidine groups is 1. The topological polar surface area (TPSA) is 46.1 Å². The number of hydrogen-bond donors (Lipinski definition) is 1. The van der Waals surface area contributed by atoms with Crippen LogP contribution < -0.4 is 14.8 Å². The summed E-state index contributed by atoms with van der Waals surface area (Å²) in [5.41, 5.74) is 1.21. The van der Waals surface area contributed by atoms with Gasteiger partial charge in [-0.2, -0.15) is 0 Å². The number of benzene rings is 1. The molecule has 0 spiro atoms. The standard InChI is InChI=1S/C19H25N3O2S.HI/c1-3-20-19(22(2)11-9-16-5-4-12-25-16)21-10-8-15-6-7-17-18(13-15)24-14-23-17;/h4-7,12-13H,3,8-11,14H2,1-2H3,(H,20,21);1H. The second-order valence-corrected chi connectivity index (χ2v) is 6.96. The van der Waals surface area contributed by atoms with E-state index < -0.39 is 0 Å². The lowest BCUT2D eigenvalue weighted by Crippen LogP contribution is -2.40. The Labute approximate surface area is 176 Å². The molecule has 1 aliphatic heterocycles. The number of nitrogens with zero attached hydrogens (tertiary/aromatic N) is 2. The molecule has 0 amide bonds. The van der Waals surface area contributed by atoms with Crippen LogP contribution in [0.5, 0.6) is 11.5 Å². The van der Waals surface area contributed by atoms with E-state index in [1.54, 1.807) is 11.3 Å². The van der Waals surface area contributed by atoms with Crippen LogP contribution in [0.25, 0.3) is 0 Å². The number of halogens is 1. The van der Waals surface area contributed by atoms with Crippen LogP contribution >= 0.6 is 35.3 Å². The Balaban J connectivity index is 0.00000243. The van der Waals surface area contributed by atoms with Gasteiger partial charge in [0.2, 0.25) is 6.79 Å². The zero-order chi connectivity index (χ0) is 17.5. The summed E-state index contributed by atoms with van der Waals surface area (Å²) in [5.74, 6) is 2.62. The minimum Gasteiger partial charge on any atom is -0.454 e. The summed E-state index contributed by atoms with van der Waals surface area (Å²) in [5, 5.41) is 5.50. The second-order valence-electron chi connectivity index (χ2n) is 5.92. The first-order valence-electron chi connectivity index (χ1n) is 8.66. The Morgan fingerprint density at radius 3 is 2.85 bits per heavy atom. The van der Waals surface area contributed by atoms with Crippen molar-refractivity contribution >= 4 is 41.3 Å². The summed E-state index contributed by atoms with van der Waals surface area (Å²) in [7, 11) is 2.09. The highest BCUT2D eigenvalue weighted by Crippen LogP contribution is 2.32. The Morgan fingerprint density at radius 2 is 2.08 bits per heavy atom. The van der Waals surface area contributed by atoms with Crippen LogP contribution in [0.4, 0.5) is 0 Å². The number of ether oxygens (including phenoxy) is 2. The van der Waals surface area contributed by atoms with Crippen molar-refractivity contribution in [1.29, 1.82) is 0 Å². The Kier molecular flexibility index (Phi) is 8.50. The van der Waals surface area contributed by atoms with E-state index in [-0.39, 0.29) is 24.0 Å². The van der Waals surface area contributed by atoms with Gasteiger partial charge < -0.3 is 19.7 Å². The number of rotatable bonds is 7. The molecular formula is C19H26IN3O2S. The monoisotopic (exact) mass is 487 g/mol. The lowest BCUT2D eigenvalue weighted by atomic mass is 10.1. The molecule has 0 saturated carbocycles. The maximum absolute atomic E-state index is 5.43. The van der Waals surface area contributed by atoms with E-state index in [4.69, 9.17) is 14.5 Å². The van der Waals surface area contributed by atoms with E-state index in [0.717, 1.165) is 49.9 Å². The first kappa shape index (κ1) is 20.8. The van der Waals surface area contributed by atoms with Crippen molar-refractivity contribution in [2.24, 2.45) is 4.99 Å². The van der Waals surface area contributed by atoms with Crippen molar-refractivity contribution in [3.05, 3.63) is 46.2 Å². The fraction of sp³-hybridized carbons (Fsp3) is 0.421. The first-order chi connectivity index (χ1) is 12.3. The maximum atomic E-state index is 5.43. The number of aliphatic imine (C=N–C) groups is 1. The minimum absolute atomic E-state index is 0. The van der Waals surface area contributed by atoms with Crippen LogP contribution in [-0.4, -0.2) is 44.3 Å². The Hall–Kier alpha value is -1.48. The average molecular weight is 487 g/mol. The van der Waals surface area contributed by atoms with Gasteiger partial charge in [0.25, 0.3) is 0 Å². The van der Waals surface area contributed by atoms with E-state index in [1.807, 2.05) is 12.1 Å². The molecule has 0 aliphatic carbocycles. The molecule has 5 nitrogen and oxygen atoms in total. The first-order valence-corrected chi connectivity index (χ1v) is 9.54. The van der Waals surface area contributed by atoms with Gasteiger partial charge in [-0.1, -0.05) is 12.1 Å². The molecule has 1 N–H and O–H groups in total. The fourth-order valence-corrected chi connectivity index (χ4v) is 3.39. The largest absolute Gasteiger partial charge is 0.454 e. The third kappa shape index (κ3) is 5.77. The molecule has 0 bridgehead atoms. The quantitative estimate of drug-likeness (QED) is 0.367. The molecule has 0 atom stereocenters. The zero-order valence-electron chi connectivity index (χ0n) is 15.2. The molecule has 0 unspecified atom stereocenters. The summed E-state index contributed by atoms with van der Waals surface area (Å²) in [6.07, 6.45) is 1.92. The Morgan fingerprint density at radius 1 is 1.23 bits per heavy atom. The van der Waals surface area contributed by atoms with Crippen molar-refractivity contribution in [1.82, 2.24) is 10.2 Å². The SMILES string of the molecule is CCNC(=NCCc1ccc2c(c1)OCO2)N(C)CCc1cccs1.I. The molecule has 26 heavy (non-hydrogen) atoms. The van der Waals surface area contributed by atoms with Gasteiger partial charge in [0, 0.05) is 31.6 Å². The van der Waals surface area contributed by atoms with Crippen molar-refractivity contribution in [3.63, 3.8) is 0 Å². The molecule has 3 rings (SSSR count). The van der Waals surface area contributed by atoms with Crippen molar-refractivity contribution in [2.45, 2.75) is 19.8 Å². The second kappa shape index (κ2) is 10.6. The molecular weight excluding hydrogens is 461 g/mol. The minimum atomic E-state index is 0. The highest BCUT2D eigenvalue weighted by atomic mass is 127. The van der Waals surface area contributed by atoms with Crippen molar-refractivity contribution in [3.8, 4) is 11.5 Å². The molecule has 1 aromatic heterocycles. The number of nitrogens with one attached hydrogen (secondary N) is 1. The van der Waals surface area contributed by atoms with E-state index in [1.165, 1.54) is 10.4 Å². The fourth-order valence-electron chi connectivity index (χ4n) is 2.70. The van der Waals surface area contributed by atoms with Gasteiger partial charge in [-0.3, -0.25) is 4.99 Å². The summed E-state index contributed by atoms with van der Waals surface area (Å²) >= 11 is 1.81. The molecule has 7 heteroatoms. The summed E-state index contributed by atoms with van der Waals surface area (Å²) in [4.78, 5) is 8.37. The number of likely N-dealkylation sites (N-methyl/N-ethyl adjacent to an activating group) is 1. The van der Waals surface area contributed by atoms with Gasteiger partial charge in [0.1, 0.15) is 0 Å². The molecule has 2 heterocycles. The van der Waals surface area contributed by atoms with E-state index >= 15 is 0 Å². The lowest BCUT2D eigenvalue weighted by Gasteiger charge is -2.21. The van der Waals surface area contributed by atoms with E-state index in [0.29, 0.717) is 6.79 Å². The predicted molar refractivity (Wildman–Crippen MR) is 118 cm³/mol. The maximum Gasteiger partial charge on any atom is 0.231 e. The van der Waals surface area contributed by atoms with Crippen LogP contribution in [0.1, 0.15) is 17.4 Å². The van der Waals surface area contributed by atoms with Gasteiger partial charge in [-0.05, 0) is 48.9 Å². The number of fused-ring (bicyclic) bond motifs is 1. The number of thiophene rings is 1. The predicted octanol–water partition coefficient (Wildman–Crippen LogP) is 3.78. The molecule has 1 aliphatic rings. The zero-order valence-corrected chi connectivity index (χ0v) is 18.4. The Bertz CT molecular complexity index is 707. The summed E-state index contributed by atoms with van der Waals surface area (Å²) < 4.78 is 10.8. The van der Waals surface area contributed by atoms with Crippen molar-refractivity contribution in [2.75, 3.05) is 33.5 Å². The van der Waals surface area contributed by atoms with Gasteiger partial charge in [-0.15, -0.1) is 35.3 Å². The van der Waals surface area contributed by atoms with E-state index in [2.05, 4.69) is 47.8 Å². The van der Waals surface area contributed by atoms with Crippen LogP contribution in [0.2, 0.25) is 0 Å². The molecule has 0 saturated heterocycles. The molecule has 2 aromatic rings.